The molecule has 0 aliphatic rings. The number of amides is 2. The maximum absolute atomic E-state index is 11.6. The lowest BCUT2D eigenvalue weighted by atomic mass is 10.3. The fourth-order valence-electron chi connectivity index (χ4n) is 1.58. The van der Waals surface area contributed by atoms with Crippen LogP contribution in [0.15, 0.2) is 54.6 Å². The van der Waals surface area contributed by atoms with E-state index in [0.29, 0.717) is 17.2 Å². The summed E-state index contributed by atoms with van der Waals surface area (Å²) in [6, 6.07) is 16.3. The van der Waals surface area contributed by atoms with Crippen LogP contribution in [0.25, 0.3) is 0 Å². The molecule has 0 aliphatic heterocycles. The molecule has 2 aromatic rings. The van der Waals surface area contributed by atoms with Crippen LogP contribution in [0.5, 0.6) is 11.5 Å². The molecule has 0 aromatic heterocycles. The van der Waals surface area contributed by atoms with Gasteiger partial charge in [-0.1, -0.05) is 30.3 Å². The van der Waals surface area contributed by atoms with Crippen LogP contribution in [0.2, 0.25) is 0 Å². The number of carbonyl (C=O) groups is 1. The van der Waals surface area contributed by atoms with Gasteiger partial charge < -0.3 is 20.1 Å². The minimum atomic E-state index is -0.351. The van der Waals surface area contributed by atoms with Crippen molar-refractivity contribution in [1.29, 1.82) is 0 Å². The quantitative estimate of drug-likeness (QED) is 0.822. The maximum Gasteiger partial charge on any atom is 0.321 e. The highest BCUT2D eigenvalue weighted by Crippen LogP contribution is 2.28. The van der Waals surface area contributed by atoms with Crippen LogP contribution in [0.3, 0.4) is 0 Å². The zero-order valence-corrected chi connectivity index (χ0v) is 11.1. The molecule has 2 amide bonds. The molecule has 0 atom stereocenters. The monoisotopic (exact) mass is 272 g/mol. The Balaban J connectivity index is 2.08. The first-order valence-electron chi connectivity index (χ1n) is 6.15. The second-order valence-electron chi connectivity index (χ2n) is 3.98. The van der Waals surface area contributed by atoms with E-state index in [9.17, 15) is 4.79 Å². The molecule has 0 fully saturated rings. The van der Waals surface area contributed by atoms with Gasteiger partial charge in [0.2, 0.25) is 0 Å². The number of urea groups is 1. The summed E-state index contributed by atoms with van der Waals surface area (Å²) >= 11 is 0. The summed E-state index contributed by atoms with van der Waals surface area (Å²) in [5, 5.41) is 5.25. The standard InChI is InChI=1S/C15H16N2O3/c1-19-11-16-15(18)17-13-9-5-6-10-14(13)20-12-7-3-2-4-8-12/h2-10H,11H2,1H3,(H2,16,17,18). The van der Waals surface area contributed by atoms with Gasteiger partial charge in [-0.25, -0.2) is 4.79 Å². The molecule has 0 heterocycles. The number of hydrogen-bond acceptors (Lipinski definition) is 3. The Labute approximate surface area is 117 Å². The minimum absolute atomic E-state index is 0.146. The Hall–Kier alpha value is -2.53. The summed E-state index contributed by atoms with van der Waals surface area (Å²) in [4.78, 5) is 11.6. The van der Waals surface area contributed by atoms with Gasteiger partial charge in [0.25, 0.3) is 0 Å². The SMILES string of the molecule is COCNC(=O)Nc1ccccc1Oc1ccccc1. The lowest BCUT2D eigenvalue weighted by Crippen LogP contribution is -2.30. The number of anilines is 1. The molecule has 0 unspecified atom stereocenters. The average molecular weight is 272 g/mol. The summed E-state index contributed by atoms with van der Waals surface area (Å²) in [6.45, 7) is 0.146. The normalized spacial score (nSPS) is 9.85. The van der Waals surface area contributed by atoms with Crippen LogP contribution in [0.1, 0.15) is 0 Å². The molecular weight excluding hydrogens is 256 g/mol. The zero-order valence-electron chi connectivity index (χ0n) is 11.1. The first kappa shape index (κ1) is 13.9. The highest BCUT2D eigenvalue weighted by molar-refractivity contribution is 5.90. The third-order valence-corrected chi connectivity index (χ3v) is 2.48. The van der Waals surface area contributed by atoms with Crippen molar-refractivity contribution in [1.82, 2.24) is 5.32 Å². The third kappa shape index (κ3) is 4.00. The topological polar surface area (TPSA) is 59.6 Å². The number of carbonyl (C=O) groups excluding carboxylic acids is 1. The Morgan fingerprint density at radius 2 is 1.75 bits per heavy atom. The number of ether oxygens (including phenoxy) is 2. The maximum atomic E-state index is 11.6. The van der Waals surface area contributed by atoms with E-state index in [1.165, 1.54) is 7.11 Å². The molecule has 2 aromatic carbocycles. The van der Waals surface area contributed by atoms with Gasteiger partial charge >= 0.3 is 6.03 Å². The molecule has 2 rings (SSSR count). The van der Waals surface area contributed by atoms with Crippen molar-refractivity contribution in [2.45, 2.75) is 0 Å². The van der Waals surface area contributed by atoms with E-state index in [1.807, 2.05) is 42.5 Å². The molecule has 5 heteroatoms. The number of benzene rings is 2. The van der Waals surface area contributed by atoms with Gasteiger partial charge in [-0.3, -0.25) is 0 Å². The number of hydrogen-bond donors (Lipinski definition) is 2. The molecular formula is C15H16N2O3. The molecule has 104 valence electrons. The summed E-state index contributed by atoms with van der Waals surface area (Å²) in [5.41, 5.74) is 0.588. The van der Waals surface area contributed by atoms with Gasteiger partial charge in [-0.15, -0.1) is 0 Å². The van der Waals surface area contributed by atoms with Crippen molar-refractivity contribution in [2.24, 2.45) is 0 Å². The molecule has 20 heavy (non-hydrogen) atoms. The Morgan fingerprint density at radius 3 is 2.50 bits per heavy atom. The smallest absolute Gasteiger partial charge is 0.321 e. The number of methoxy groups -OCH3 is 1. The van der Waals surface area contributed by atoms with Gasteiger partial charge in [0.15, 0.2) is 5.75 Å². The Kier molecular flexibility index (Phi) is 4.97. The van der Waals surface area contributed by atoms with Crippen LogP contribution in [-0.2, 0) is 4.74 Å². The summed E-state index contributed by atoms with van der Waals surface area (Å²) < 4.78 is 10.5. The fourth-order valence-corrected chi connectivity index (χ4v) is 1.58. The van der Waals surface area contributed by atoms with Gasteiger partial charge in [-0.2, -0.15) is 0 Å². The minimum Gasteiger partial charge on any atom is -0.455 e. The molecule has 0 spiro atoms. The molecule has 0 saturated carbocycles. The van der Waals surface area contributed by atoms with Crippen LogP contribution in [-0.4, -0.2) is 19.9 Å². The molecule has 0 aliphatic carbocycles. The Bertz CT molecular complexity index is 558. The highest BCUT2D eigenvalue weighted by Gasteiger charge is 2.07. The van der Waals surface area contributed by atoms with Crippen molar-refractivity contribution >= 4 is 11.7 Å². The van der Waals surface area contributed by atoms with Crippen LogP contribution in [0, 0.1) is 0 Å². The predicted molar refractivity (Wildman–Crippen MR) is 77.0 cm³/mol. The van der Waals surface area contributed by atoms with Crippen molar-refractivity contribution in [2.75, 3.05) is 19.2 Å². The number of para-hydroxylation sites is 3. The highest BCUT2D eigenvalue weighted by atomic mass is 16.5. The number of rotatable bonds is 5. The molecule has 0 radical (unpaired) electrons. The average Bonchev–Trinajstić information content (AvgIpc) is 2.48. The predicted octanol–water partition coefficient (Wildman–Crippen LogP) is 3.20. The zero-order chi connectivity index (χ0) is 14.2. The van der Waals surface area contributed by atoms with E-state index >= 15 is 0 Å². The molecule has 0 saturated heterocycles. The van der Waals surface area contributed by atoms with Gasteiger partial charge in [-0.05, 0) is 24.3 Å². The van der Waals surface area contributed by atoms with E-state index in [-0.39, 0.29) is 12.8 Å². The van der Waals surface area contributed by atoms with E-state index in [0.717, 1.165) is 0 Å². The fraction of sp³-hybridized carbons (Fsp3) is 0.133. The molecule has 0 bridgehead atoms. The number of nitrogens with one attached hydrogen (secondary N) is 2. The van der Waals surface area contributed by atoms with Gasteiger partial charge in [0.1, 0.15) is 12.5 Å². The summed E-state index contributed by atoms with van der Waals surface area (Å²) in [7, 11) is 1.51. The third-order valence-electron chi connectivity index (χ3n) is 2.48. The van der Waals surface area contributed by atoms with E-state index in [1.54, 1.807) is 12.1 Å². The largest absolute Gasteiger partial charge is 0.455 e. The van der Waals surface area contributed by atoms with E-state index < -0.39 is 0 Å². The van der Waals surface area contributed by atoms with Crippen molar-refractivity contribution < 1.29 is 14.3 Å². The molecule has 2 N–H and O–H groups in total. The first-order chi connectivity index (χ1) is 9.79. The Morgan fingerprint density at radius 1 is 1.05 bits per heavy atom. The van der Waals surface area contributed by atoms with Crippen LogP contribution < -0.4 is 15.4 Å². The first-order valence-corrected chi connectivity index (χ1v) is 6.15. The van der Waals surface area contributed by atoms with E-state index in [2.05, 4.69) is 10.6 Å². The van der Waals surface area contributed by atoms with Crippen LogP contribution >= 0.6 is 0 Å². The van der Waals surface area contributed by atoms with E-state index in [4.69, 9.17) is 9.47 Å². The lowest BCUT2D eigenvalue weighted by molar-refractivity contribution is 0.177. The van der Waals surface area contributed by atoms with Gasteiger partial charge in [0.05, 0.1) is 5.69 Å². The lowest BCUT2D eigenvalue weighted by Gasteiger charge is -2.12. The van der Waals surface area contributed by atoms with Crippen molar-refractivity contribution in [3.8, 4) is 11.5 Å². The summed E-state index contributed by atoms with van der Waals surface area (Å²) in [5.74, 6) is 1.28. The van der Waals surface area contributed by atoms with Crippen molar-refractivity contribution in [3.63, 3.8) is 0 Å². The second-order valence-corrected chi connectivity index (χ2v) is 3.98. The van der Waals surface area contributed by atoms with Gasteiger partial charge in [0, 0.05) is 7.11 Å². The van der Waals surface area contributed by atoms with Crippen molar-refractivity contribution in [3.05, 3.63) is 54.6 Å². The second kappa shape index (κ2) is 7.16. The molecule has 5 nitrogen and oxygen atoms in total. The summed E-state index contributed by atoms with van der Waals surface area (Å²) in [6.07, 6.45) is 0. The van der Waals surface area contributed by atoms with Crippen LogP contribution in [0.4, 0.5) is 10.5 Å².